The van der Waals surface area contributed by atoms with Crippen molar-refractivity contribution in [2.24, 2.45) is 5.92 Å². The van der Waals surface area contributed by atoms with Gasteiger partial charge in [0.1, 0.15) is 6.17 Å². The molecule has 0 unspecified atom stereocenters. The Morgan fingerprint density at radius 3 is 2.77 bits per heavy atom. The molecule has 1 heterocycles. The molecule has 0 aliphatic carbocycles. The van der Waals surface area contributed by atoms with Crippen LogP contribution in [0.5, 0.6) is 0 Å². The van der Waals surface area contributed by atoms with E-state index in [4.69, 9.17) is 5.11 Å². The predicted molar refractivity (Wildman–Crippen MR) is 47.4 cm³/mol. The van der Waals surface area contributed by atoms with Crippen LogP contribution in [-0.2, 0) is 4.79 Å². The fourth-order valence-corrected chi connectivity index (χ4v) is 1.71. The van der Waals surface area contributed by atoms with Gasteiger partial charge < -0.3 is 10.0 Å². The molecule has 0 amide bonds. The van der Waals surface area contributed by atoms with Gasteiger partial charge in [-0.15, -0.1) is 0 Å². The minimum Gasteiger partial charge on any atom is -0.481 e. The number of hydrogen-bond acceptors (Lipinski definition) is 2. The van der Waals surface area contributed by atoms with Crippen LogP contribution in [0.4, 0.5) is 4.39 Å². The molecule has 2 atom stereocenters. The molecule has 1 N–H and O–H groups in total. The zero-order valence-electron chi connectivity index (χ0n) is 7.87. The second-order valence-corrected chi connectivity index (χ2v) is 3.75. The number of alkyl halides is 1. The molecule has 1 aliphatic rings. The Bertz CT molecular complexity index is 186. The Morgan fingerprint density at radius 1 is 1.54 bits per heavy atom. The maximum Gasteiger partial charge on any atom is 0.303 e. The zero-order chi connectivity index (χ0) is 9.84. The number of nitrogens with zero attached hydrogens (tertiary/aromatic N) is 1. The van der Waals surface area contributed by atoms with E-state index in [0.717, 1.165) is 13.1 Å². The highest BCUT2D eigenvalue weighted by molar-refractivity contribution is 5.67. The van der Waals surface area contributed by atoms with Gasteiger partial charge in [-0.3, -0.25) is 4.79 Å². The van der Waals surface area contributed by atoms with Crippen LogP contribution in [-0.4, -0.2) is 42.3 Å². The third-order valence-electron chi connectivity index (χ3n) is 2.62. The lowest BCUT2D eigenvalue weighted by Crippen LogP contribution is -2.19. The van der Waals surface area contributed by atoms with Gasteiger partial charge in [0, 0.05) is 12.5 Å². The van der Waals surface area contributed by atoms with Gasteiger partial charge in [0.25, 0.3) is 0 Å². The normalized spacial score (nSPS) is 31.2. The van der Waals surface area contributed by atoms with Gasteiger partial charge in [-0.2, -0.15) is 0 Å². The molecule has 0 radical (unpaired) electrons. The molecule has 0 aromatic heterocycles. The van der Waals surface area contributed by atoms with Crippen molar-refractivity contribution >= 4 is 5.97 Å². The summed E-state index contributed by atoms with van der Waals surface area (Å²) in [6, 6.07) is 0. The third kappa shape index (κ3) is 3.30. The van der Waals surface area contributed by atoms with Crippen molar-refractivity contribution in [2.45, 2.75) is 25.4 Å². The highest BCUT2D eigenvalue weighted by Gasteiger charge is 2.26. The third-order valence-corrected chi connectivity index (χ3v) is 2.62. The first-order valence-corrected chi connectivity index (χ1v) is 4.64. The fourth-order valence-electron chi connectivity index (χ4n) is 1.71. The Morgan fingerprint density at radius 2 is 2.15 bits per heavy atom. The van der Waals surface area contributed by atoms with Crippen LogP contribution in [0.1, 0.15) is 19.3 Å². The lowest BCUT2D eigenvalue weighted by molar-refractivity contribution is -0.138. The lowest BCUT2D eigenvalue weighted by Gasteiger charge is -2.14. The molecule has 13 heavy (non-hydrogen) atoms. The average molecular weight is 189 g/mol. The smallest absolute Gasteiger partial charge is 0.303 e. The summed E-state index contributed by atoms with van der Waals surface area (Å²) in [7, 11) is 1.94. The van der Waals surface area contributed by atoms with Crippen molar-refractivity contribution in [3.63, 3.8) is 0 Å². The first kappa shape index (κ1) is 10.4. The minimum atomic E-state index is -0.943. The van der Waals surface area contributed by atoms with Gasteiger partial charge in [0.2, 0.25) is 0 Å². The number of carboxylic acids is 1. The summed E-state index contributed by atoms with van der Waals surface area (Å²) >= 11 is 0. The van der Waals surface area contributed by atoms with E-state index in [9.17, 15) is 9.18 Å². The lowest BCUT2D eigenvalue weighted by atomic mass is 9.95. The van der Waals surface area contributed by atoms with Crippen LogP contribution in [0.2, 0.25) is 0 Å². The number of rotatable bonds is 2. The highest BCUT2D eigenvalue weighted by Crippen LogP contribution is 2.23. The summed E-state index contributed by atoms with van der Waals surface area (Å²) in [5.74, 6) is -1.18. The Labute approximate surface area is 77.5 Å². The van der Waals surface area contributed by atoms with E-state index in [1.807, 2.05) is 7.05 Å². The summed E-state index contributed by atoms with van der Waals surface area (Å²) in [6.07, 6.45) is 0.147. The first-order valence-electron chi connectivity index (χ1n) is 4.64. The topological polar surface area (TPSA) is 40.5 Å². The van der Waals surface area contributed by atoms with Crippen LogP contribution in [0, 0.1) is 5.92 Å². The maximum atomic E-state index is 13.4. The van der Waals surface area contributed by atoms with E-state index in [0.29, 0.717) is 12.8 Å². The van der Waals surface area contributed by atoms with Crippen molar-refractivity contribution in [1.82, 2.24) is 4.90 Å². The molecule has 1 aliphatic heterocycles. The number of carboxylic acid groups (broad SMARTS) is 1. The van der Waals surface area contributed by atoms with Gasteiger partial charge in [0.15, 0.2) is 0 Å². The van der Waals surface area contributed by atoms with Gasteiger partial charge in [-0.25, -0.2) is 4.39 Å². The molecule has 1 saturated heterocycles. The van der Waals surface area contributed by atoms with E-state index >= 15 is 0 Å². The number of aliphatic carboxylic acids is 1. The second-order valence-electron chi connectivity index (χ2n) is 3.75. The molecular formula is C9H16FNO2. The molecule has 0 bridgehead atoms. The standard InChI is InChI=1S/C9H16FNO2/c1-11-4-2-7(6-9(12)13)8(10)3-5-11/h7-8H,2-6H2,1H3,(H,12,13)/t7-,8+/m0/s1. The number of likely N-dealkylation sites (tertiary alicyclic amines) is 1. The molecule has 0 saturated carbocycles. The summed E-state index contributed by atoms with van der Waals surface area (Å²) in [6.45, 7) is 1.54. The van der Waals surface area contributed by atoms with E-state index in [-0.39, 0.29) is 12.3 Å². The Hall–Kier alpha value is -0.640. The Balaban J connectivity index is 2.46. The molecular weight excluding hydrogens is 173 g/mol. The summed E-state index contributed by atoms with van der Waals surface area (Å²) in [4.78, 5) is 12.5. The predicted octanol–water partition coefficient (Wildman–Crippen LogP) is 1.14. The minimum absolute atomic E-state index is 0.0327. The van der Waals surface area contributed by atoms with Crippen LogP contribution in [0.3, 0.4) is 0 Å². The van der Waals surface area contributed by atoms with Gasteiger partial charge in [-0.1, -0.05) is 0 Å². The first-order chi connectivity index (χ1) is 6.09. The fraction of sp³-hybridized carbons (Fsp3) is 0.889. The van der Waals surface area contributed by atoms with Gasteiger partial charge >= 0.3 is 5.97 Å². The molecule has 4 heteroatoms. The number of carbonyl (C=O) groups is 1. The van der Waals surface area contributed by atoms with Crippen molar-refractivity contribution in [3.8, 4) is 0 Å². The van der Waals surface area contributed by atoms with Crippen molar-refractivity contribution in [1.29, 1.82) is 0 Å². The molecule has 3 nitrogen and oxygen atoms in total. The van der Waals surface area contributed by atoms with Crippen LogP contribution < -0.4 is 0 Å². The summed E-state index contributed by atoms with van der Waals surface area (Å²) in [5.41, 5.74) is 0. The van der Waals surface area contributed by atoms with Gasteiger partial charge in [0.05, 0.1) is 6.42 Å². The average Bonchev–Trinajstić information content (AvgIpc) is 2.19. The molecule has 76 valence electrons. The van der Waals surface area contributed by atoms with Crippen LogP contribution in [0.25, 0.3) is 0 Å². The summed E-state index contributed by atoms with van der Waals surface area (Å²) < 4.78 is 13.4. The van der Waals surface area contributed by atoms with E-state index in [1.54, 1.807) is 0 Å². The molecule has 0 aromatic carbocycles. The molecule has 1 fully saturated rings. The highest BCUT2D eigenvalue weighted by atomic mass is 19.1. The van der Waals surface area contributed by atoms with E-state index < -0.39 is 12.1 Å². The second kappa shape index (κ2) is 4.56. The van der Waals surface area contributed by atoms with Crippen LogP contribution >= 0.6 is 0 Å². The van der Waals surface area contributed by atoms with E-state index in [1.165, 1.54) is 0 Å². The van der Waals surface area contributed by atoms with Crippen LogP contribution in [0.15, 0.2) is 0 Å². The van der Waals surface area contributed by atoms with E-state index in [2.05, 4.69) is 4.90 Å². The monoisotopic (exact) mass is 189 g/mol. The number of halogens is 1. The largest absolute Gasteiger partial charge is 0.481 e. The quantitative estimate of drug-likeness (QED) is 0.708. The molecule has 1 rings (SSSR count). The summed E-state index contributed by atoms with van der Waals surface area (Å²) in [5, 5.41) is 8.56. The Kier molecular flexibility index (Phi) is 3.66. The zero-order valence-corrected chi connectivity index (χ0v) is 7.87. The molecule has 0 spiro atoms. The van der Waals surface area contributed by atoms with Crippen molar-refractivity contribution in [2.75, 3.05) is 20.1 Å². The number of hydrogen-bond donors (Lipinski definition) is 1. The molecule has 0 aromatic rings. The van der Waals surface area contributed by atoms with Crippen molar-refractivity contribution in [3.05, 3.63) is 0 Å². The maximum absolute atomic E-state index is 13.4. The van der Waals surface area contributed by atoms with Gasteiger partial charge in [-0.05, 0) is 26.4 Å². The van der Waals surface area contributed by atoms with Crippen molar-refractivity contribution < 1.29 is 14.3 Å². The SMILES string of the molecule is CN1CC[C@@H](CC(=O)O)[C@H](F)CC1.